The van der Waals surface area contributed by atoms with E-state index in [0.717, 1.165) is 22.0 Å². The topological polar surface area (TPSA) is 67.4 Å². The Hall–Kier alpha value is -2.34. The van der Waals surface area contributed by atoms with Crippen molar-refractivity contribution in [3.05, 3.63) is 64.1 Å². The number of carbonyl (C=O) groups excluding carboxylic acids is 2. The number of nitrogens with one attached hydrogen (secondary N) is 2. The number of hydrogen-bond acceptors (Lipinski definition) is 3. The van der Waals surface area contributed by atoms with Crippen LogP contribution in [0.15, 0.2) is 53.0 Å². The normalized spacial score (nSPS) is 18.3. The van der Waals surface area contributed by atoms with Crippen molar-refractivity contribution in [1.29, 1.82) is 0 Å². The first-order valence-corrected chi connectivity index (χ1v) is 8.86. The fraction of sp³-hybridized carbons (Fsp3) is 0.263. The molecule has 0 heterocycles. The van der Waals surface area contributed by atoms with E-state index in [-0.39, 0.29) is 24.3 Å². The molecule has 2 unspecified atom stereocenters. The molecule has 1 aliphatic carbocycles. The van der Waals surface area contributed by atoms with Gasteiger partial charge in [0.2, 0.25) is 5.91 Å². The Balaban J connectivity index is 1.41. The van der Waals surface area contributed by atoms with Gasteiger partial charge < -0.3 is 4.74 Å². The maximum Gasteiger partial charge on any atom is 0.276 e. The van der Waals surface area contributed by atoms with Gasteiger partial charge in [-0.3, -0.25) is 20.4 Å². The molecule has 1 fully saturated rings. The molecule has 0 saturated heterocycles. The molecule has 1 saturated carbocycles. The third-order valence-corrected chi connectivity index (χ3v) is 4.58. The van der Waals surface area contributed by atoms with E-state index in [1.54, 1.807) is 6.07 Å². The smallest absolute Gasteiger partial charge is 0.276 e. The fourth-order valence-corrected chi connectivity index (χ4v) is 3.12. The monoisotopic (exact) mass is 402 g/mol. The van der Waals surface area contributed by atoms with Crippen molar-refractivity contribution in [2.45, 2.75) is 19.3 Å². The zero-order valence-corrected chi connectivity index (χ0v) is 15.4. The van der Waals surface area contributed by atoms with Gasteiger partial charge in [0.25, 0.3) is 5.91 Å². The lowest BCUT2D eigenvalue weighted by molar-refractivity contribution is -0.130. The van der Waals surface area contributed by atoms with Crippen molar-refractivity contribution < 1.29 is 14.3 Å². The van der Waals surface area contributed by atoms with Crippen LogP contribution in [0.25, 0.3) is 0 Å². The van der Waals surface area contributed by atoms with Gasteiger partial charge in [0.05, 0.1) is 0 Å². The average molecular weight is 403 g/mol. The van der Waals surface area contributed by atoms with Gasteiger partial charge in [-0.25, -0.2) is 0 Å². The van der Waals surface area contributed by atoms with Crippen LogP contribution in [0.2, 0.25) is 0 Å². The van der Waals surface area contributed by atoms with Crippen LogP contribution in [-0.4, -0.2) is 18.4 Å². The van der Waals surface area contributed by atoms with Crippen molar-refractivity contribution in [3.63, 3.8) is 0 Å². The number of aryl methyl sites for hydroxylation is 1. The van der Waals surface area contributed by atoms with Crippen LogP contribution >= 0.6 is 15.9 Å². The Morgan fingerprint density at radius 3 is 2.72 bits per heavy atom. The summed E-state index contributed by atoms with van der Waals surface area (Å²) in [5.41, 5.74) is 7.06. The first-order chi connectivity index (χ1) is 12.0. The first kappa shape index (κ1) is 17.5. The van der Waals surface area contributed by atoms with Crippen molar-refractivity contribution >= 4 is 27.7 Å². The Kier molecular flexibility index (Phi) is 5.38. The van der Waals surface area contributed by atoms with E-state index in [1.807, 2.05) is 49.4 Å². The highest BCUT2D eigenvalue weighted by atomic mass is 79.9. The van der Waals surface area contributed by atoms with Gasteiger partial charge in [-0.1, -0.05) is 40.2 Å². The summed E-state index contributed by atoms with van der Waals surface area (Å²) in [7, 11) is 0. The molecule has 0 aliphatic heterocycles. The van der Waals surface area contributed by atoms with Gasteiger partial charge >= 0.3 is 0 Å². The van der Waals surface area contributed by atoms with E-state index in [1.165, 1.54) is 0 Å². The molecule has 0 radical (unpaired) electrons. The zero-order valence-electron chi connectivity index (χ0n) is 13.8. The van der Waals surface area contributed by atoms with Crippen molar-refractivity contribution in [2.24, 2.45) is 5.92 Å². The Bertz CT molecular complexity index is 794. The van der Waals surface area contributed by atoms with Crippen molar-refractivity contribution in [1.82, 2.24) is 10.9 Å². The van der Waals surface area contributed by atoms with Gasteiger partial charge in [0, 0.05) is 10.4 Å². The summed E-state index contributed by atoms with van der Waals surface area (Å²) in [5, 5.41) is 0. The van der Waals surface area contributed by atoms with E-state index >= 15 is 0 Å². The number of ether oxygens (including phenoxy) is 1. The Morgan fingerprint density at radius 1 is 1.16 bits per heavy atom. The van der Waals surface area contributed by atoms with Gasteiger partial charge in [0.1, 0.15) is 5.75 Å². The maximum atomic E-state index is 12.1. The zero-order chi connectivity index (χ0) is 17.8. The van der Waals surface area contributed by atoms with Crippen LogP contribution in [0.5, 0.6) is 5.75 Å². The summed E-state index contributed by atoms with van der Waals surface area (Å²) in [4.78, 5) is 23.9. The van der Waals surface area contributed by atoms with Gasteiger partial charge in [-0.15, -0.1) is 0 Å². The van der Waals surface area contributed by atoms with E-state index in [0.29, 0.717) is 5.75 Å². The summed E-state index contributed by atoms with van der Waals surface area (Å²) < 4.78 is 6.39. The number of rotatable bonds is 5. The van der Waals surface area contributed by atoms with Crippen molar-refractivity contribution in [3.8, 4) is 5.75 Å². The van der Waals surface area contributed by atoms with E-state index < -0.39 is 5.91 Å². The van der Waals surface area contributed by atoms with Crippen LogP contribution < -0.4 is 15.6 Å². The summed E-state index contributed by atoms with van der Waals surface area (Å²) in [6.45, 7) is 1.80. The van der Waals surface area contributed by atoms with Crippen LogP contribution in [0.1, 0.15) is 23.5 Å². The summed E-state index contributed by atoms with van der Waals surface area (Å²) in [6, 6.07) is 15.4. The number of amides is 2. The van der Waals surface area contributed by atoms with Gasteiger partial charge in [-0.05, 0) is 54.7 Å². The molecule has 6 heteroatoms. The number of hydrogen-bond donors (Lipinski definition) is 2. The molecule has 5 nitrogen and oxygen atoms in total. The number of halogens is 1. The van der Waals surface area contributed by atoms with Crippen LogP contribution in [0.4, 0.5) is 0 Å². The lowest BCUT2D eigenvalue weighted by atomic mass is 10.1. The molecule has 2 atom stereocenters. The van der Waals surface area contributed by atoms with Crippen molar-refractivity contribution in [2.75, 3.05) is 6.61 Å². The summed E-state index contributed by atoms with van der Waals surface area (Å²) in [5.74, 6) is 0.159. The lowest BCUT2D eigenvalue weighted by Gasteiger charge is -2.09. The summed E-state index contributed by atoms with van der Waals surface area (Å²) in [6.07, 6.45) is 0.790. The second-order valence-electron chi connectivity index (χ2n) is 6.15. The lowest BCUT2D eigenvalue weighted by Crippen LogP contribution is -2.44. The summed E-state index contributed by atoms with van der Waals surface area (Å²) >= 11 is 3.43. The molecule has 2 amide bonds. The number of carbonyl (C=O) groups is 2. The van der Waals surface area contributed by atoms with Gasteiger partial charge in [-0.2, -0.15) is 0 Å². The maximum absolute atomic E-state index is 12.1. The Morgan fingerprint density at radius 2 is 1.96 bits per heavy atom. The van der Waals surface area contributed by atoms with E-state index in [4.69, 9.17) is 4.74 Å². The molecule has 2 N–H and O–H groups in total. The molecule has 0 spiro atoms. The predicted molar refractivity (Wildman–Crippen MR) is 97.9 cm³/mol. The second kappa shape index (κ2) is 7.70. The third kappa shape index (κ3) is 4.82. The van der Waals surface area contributed by atoms with Crippen LogP contribution in [0.3, 0.4) is 0 Å². The number of benzene rings is 2. The molecule has 25 heavy (non-hydrogen) atoms. The van der Waals surface area contributed by atoms with E-state index in [9.17, 15) is 9.59 Å². The molecule has 0 bridgehead atoms. The molecule has 2 aromatic rings. The highest BCUT2D eigenvalue weighted by Crippen LogP contribution is 2.47. The minimum Gasteiger partial charge on any atom is -0.484 e. The third-order valence-electron chi connectivity index (χ3n) is 4.09. The van der Waals surface area contributed by atoms with Gasteiger partial charge in [0.15, 0.2) is 6.61 Å². The fourth-order valence-electron chi connectivity index (χ4n) is 2.70. The molecular weight excluding hydrogens is 384 g/mol. The minimum absolute atomic E-state index is 0.104. The quantitative estimate of drug-likeness (QED) is 0.755. The number of hydrazine groups is 1. The van der Waals surface area contributed by atoms with E-state index in [2.05, 4.69) is 26.8 Å². The first-order valence-electron chi connectivity index (χ1n) is 8.06. The second-order valence-corrected chi connectivity index (χ2v) is 7.06. The highest BCUT2D eigenvalue weighted by Gasteiger charge is 2.44. The largest absolute Gasteiger partial charge is 0.484 e. The minimum atomic E-state index is -0.394. The molecule has 0 aromatic heterocycles. The SMILES string of the molecule is Cc1cccc(OCC(=O)NNC(=O)C2CC2c2cccc(Br)c2)c1. The predicted octanol–water partition coefficient (Wildman–Crippen LogP) is 3.09. The molecule has 1 aliphatic rings. The molecule has 130 valence electrons. The molecule has 2 aromatic carbocycles. The Labute approximate surface area is 154 Å². The van der Waals surface area contributed by atoms with Crippen LogP contribution in [-0.2, 0) is 9.59 Å². The highest BCUT2D eigenvalue weighted by molar-refractivity contribution is 9.10. The average Bonchev–Trinajstić information content (AvgIpc) is 3.39. The standard InChI is InChI=1S/C19H19BrN2O3/c1-12-4-2-7-15(8-12)25-11-18(23)21-22-19(24)17-10-16(17)13-5-3-6-14(20)9-13/h2-9,16-17H,10-11H2,1H3,(H,21,23)(H,22,24). The molecular formula is C19H19BrN2O3. The molecule has 3 rings (SSSR count). The van der Waals surface area contributed by atoms with Crippen LogP contribution in [0, 0.1) is 12.8 Å².